The Bertz CT molecular complexity index is 1350. The minimum absolute atomic E-state index is 0.0557. The SMILES string of the molecule is CC(=O)Nc1ccc2oc3c(OC(F)F)ccc(C(=O)Nc4c(Cl)cncc4Cl)c3c2c1. The number of rotatable bonds is 5. The number of benzene rings is 2. The molecule has 2 heterocycles. The molecule has 11 heteroatoms. The fourth-order valence-corrected chi connectivity index (χ4v) is 3.69. The quantitative estimate of drug-likeness (QED) is 0.360. The van der Waals surface area contributed by atoms with Gasteiger partial charge in [0.1, 0.15) is 5.58 Å². The minimum Gasteiger partial charge on any atom is -0.452 e. The Kier molecular flexibility index (Phi) is 5.86. The predicted octanol–water partition coefficient (Wildman–Crippen LogP) is 6.10. The molecule has 0 bridgehead atoms. The first kappa shape index (κ1) is 21.8. The molecule has 0 unspecified atom stereocenters. The standard InChI is InChI=1S/C21H13Cl2F2N3O4/c1-9(29)27-10-2-4-15-12(6-10)17-11(3-5-16(19(17)31-15)32-21(24)25)20(30)28-18-13(22)7-26-8-14(18)23/h2-8,21H,1H3,(H,27,29)(H,26,28,30). The summed E-state index contributed by atoms with van der Waals surface area (Å²) in [4.78, 5) is 28.4. The molecule has 0 aliphatic carbocycles. The van der Waals surface area contributed by atoms with E-state index >= 15 is 0 Å². The Hall–Kier alpha value is -3.43. The Morgan fingerprint density at radius 2 is 1.81 bits per heavy atom. The zero-order valence-electron chi connectivity index (χ0n) is 16.2. The highest BCUT2D eigenvalue weighted by Crippen LogP contribution is 2.39. The van der Waals surface area contributed by atoms with Gasteiger partial charge in [-0.25, -0.2) is 0 Å². The largest absolute Gasteiger partial charge is 0.452 e. The van der Waals surface area contributed by atoms with E-state index in [1.807, 2.05) is 0 Å². The normalized spacial score (nSPS) is 11.2. The molecular weight excluding hydrogens is 467 g/mol. The minimum atomic E-state index is -3.10. The van der Waals surface area contributed by atoms with E-state index in [0.717, 1.165) is 0 Å². The third-order valence-corrected chi connectivity index (χ3v) is 5.03. The monoisotopic (exact) mass is 479 g/mol. The summed E-state index contributed by atoms with van der Waals surface area (Å²) in [6.45, 7) is -1.76. The first-order valence-corrected chi connectivity index (χ1v) is 9.82. The van der Waals surface area contributed by atoms with E-state index < -0.39 is 12.5 Å². The highest BCUT2D eigenvalue weighted by Gasteiger charge is 2.23. The maximum absolute atomic E-state index is 13.1. The van der Waals surface area contributed by atoms with E-state index in [1.165, 1.54) is 31.5 Å². The first-order chi connectivity index (χ1) is 15.2. The molecule has 2 amide bonds. The molecule has 0 saturated carbocycles. The van der Waals surface area contributed by atoms with E-state index in [1.54, 1.807) is 18.2 Å². The summed E-state index contributed by atoms with van der Waals surface area (Å²) in [5.41, 5.74) is 0.901. The van der Waals surface area contributed by atoms with Crippen molar-refractivity contribution >= 4 is 68.3 Å². The lowest BCUT2D eigenvalue weighted by Crippen LogP contribution is -2.13. The van der Waals surface area contributed by atoms with Crippen molar-refractivity contribution in [1.82, 2.24) is 4.98 Å². The molecule has 7 nitrogen and oxygen atoms in total. The van der Waals surface area contributed by atoms with Crippen LogP contribution in [0.15, 0.2) is 47.1 Å². The predicted molar refractivity (Wildman–Crippen MR) is 117 cm³/mol. The van der Waals surface area contributed by atoms with Crippen molar-refractivity contribution in [2.45, 2.75) is 13.5 Å². The number of aromatic nitrogens is 1. The van der Waals surface area contributed by atoms with Gasteiger partial charge < -0.3 is 19.8 Å². The Morgan fingerprint density at radius 1 is 1.09 bits per heavy atom. The average Bonchev–Trinajstić information content (AvgIpc) is 3.09. The van der Waals surface area contributed by atoms with Crippen LogP contribution >= 0.6 is 23.2 Å². The van der Waals surface area contributed by atoms with Gasteiger partial charge in [-0.1, -0.05) is 23.2 Å². The van der Waals surface area contributed by atoms with Gasteiger partial charge in [0.2, 0.25) is 5.91 Å². The second-order valence-corrected chi connectivity index (χ2v) is 7.43. The van der Waals surface area contributed by atoms with Crippen LogP contribution in [0, 0.1) is 0 Å². The highest BCUT2D eigenvalue weighted by molar-refractivity contribution is 6.40. The molecule has 0 aliphatic rings. The molecule has 32 heavy (non-hydrogen) atoms. The number of hydrogen-bond acceptors (Lipinski definition) is 5. The van der Waals surface area contributed by atoms with Crippen LogP contribution in [0.4, 0.5) is 20.2 Å². The average molecular weight is 480 g/mol. The number of nitrogens with one attached hydrogen (secondary N) is 2. The molecule has 2 aromatic carbocycles. The number of furan rings is 1. The van der Waals surface area contributed by atoms with Crippen LogP contribution in [0.1, 0.15) is 17.3 Å². The van der Waals surface area contributed by atoms with Crippen LogP contribution in [0.25, 0.3) is 21.9 Å². The number of carbonyl (C=O) groups is 2. The lowest BCUT2D eigenvalue weighted by Gasteiger charge is -2.11. The zero-order valence-corrected chi connectivity index (χ0v) is 17.7. The third kappa shape index (κ3) is 4.17. The molecule has 4 rings (SSSR count). The second-order valence-electron chi connectivity index (χ2n) is 6.62. The molecule has 4 aromatic rings. The van der Waals surface area contributed by atoms with Gasteiger partial charge in [-0.3, -0.25) is 14.6 Å². The van der Waals surface area contributed by atoms with Crippen molar-refractivity contribution < 1.29 is 27.5 Å². The summed E-state index contributed by atoms with van der Waals surface area (Å²) in [7, 11) is 0. The number of hydrogen-bond donors (Lipinski definition) is 2. The molecule has 0 radical (unpaired) electrons. The van der Waals surface area contributed by atoms with E-state index in [0.29, 0.717) is 16.7 Å². The fraction of sp³-hybridized carbons (Fsp3) is 0.0952. The summed E-state index contributed by atoms with van der Waals surface area (Å²) >= 11 is 12.2. The van der Waals surface area contributed by atoms with Gasteiger partial charge >= 0.3 is 6.61 Å². The maximum Gasteiger partial charge on any atom is 0.387 e. The summed E-state index contributed by atoms with van der Waals surface area (Å²) in [5.74, 6) is -1.18. The van der Waals surface area contributed by atoms with Crippen molar-refractivity contribution in [3.05, 3.63) is 58.3 Å². The topological polar surface area (TPSA) is 93.5 Å². The van der Waals surface area contributed by atoms with Gasteiger partial charge in [0.25, 0.3) is 5.91 Å². The van der Waals surface area contributed by atoms with Gasteiger partial charge in [-0.05, 0) is 30.3 Å². The molecule has 2 N–H and O–H groups in total. The number of halogens is 4. The van der Waals surface area contributed by atoms with E-state index in [4.69, 9.17) is 27.6 Å². The van der Waals surface area contributed by atoms with Crippen molar-refractivity contribution in [1.29, 1.82) is 0 Å². The number of pyridine rings is 1. The molecule has 0 fully saturated rings. The third-order valence-electron chi connectivity index (χ3n) is 4.46. The van der Waals surface area contributed by atoms with Gasteiger partial charge in [-0.2, -0.15) is 8.78 Å². The molecule has 0 aliphatic heterocycles. The van der Waals surface area contributed by atoms with Gasteiger partial charge in [0.05, 0.1) is 21.3 Å². The van der Waals surface area contributed by atoms with Gasteiger partial charge in [-0.15, -0.1) is 0 Å². The lowest BCUT2D eigenvalue weighted by atomic mass is 10.0. The highest BCUT2D eigenvalue weighted by atomic mass is 35.5. The van der Waals surface area contributed by atoms with Gasteiger partial charge in [0, 0.05) is 35.8 Å². The van der Waals surface area contributed by atoms with Gasteiger partial charge in [0.15, 0.2) is 11.3 Å². The summed E-state index contributed by atoms with van der Waals surface area (Å²) in [6.07, 6.45) is 2.62. The summed E-state index contributed by atoms with van der Waals surface area (Å²) in [5, 5.41) is 6.08. The maximum atomic E-state index is 13.1. The molecule has 0 spiro atoms. The first-order valence-electron chi connectivity index (χ1n) is 9.06. The number of carbonyl (C=O) groups excluding carboxylic acids is 2. The van der Waals surface area contributed by atoms with Crippen LogP contribution in [0.5, 0.6) is 5.75 Å². The van der Waals surface area contributed by atoms with Crippen LogP contribution < -0.4 is 15.4 Å². The zero-order chi connectivity index (χ0) is 23.0. The van der Waals surface area contributed by atoms with Crippen molar-refractivity contribution in [3.8, 4) is 5.75 Å². The molecule has 164 valence electrons. The lowest BCUT2D eigenvalue weighted by molar-refractivity contribution is -0.114. The number of ether oxygens (including phenoxy) is 1. The number of anilines is 2. The number of amides is 2. The molecular formula is C21H13Cl2F2N3O4. The summed E-state index contributed by atoms with van der Waals surface area (Å²) < 4.78 is 36.1. The number of nitrogens with zero attached hydrogens (tertiary/aromatic N) is 1. The summed E-state index contributed by atoms with van der Waals surface area (Å²) in [6, 6.07) is 7.22. The number of fused-ring (bicyclic) bond motifs is 3. The Balaban J connectivity index is 1.91. The second kappa shape index (κ2) is 8.60. The smallest absolute Gasteiger partial charge is 0.387 e. The van der Waals surface area contributed by atoms with Crippen molar-refractivity contribution in [2.24, 2.45) is 0 Å². The van der Waals surface area contributed by atoms with Crippen molar-refractivity contribution in [3.63, 3.8) is 0 Å². The van der Waals surface area contributed by atoms with E-state index in [2.05, 4.69) is 20.4 Å². The Morgan fingerprint density at radius 3 is 2.47 bits per heavy atom. The van der Waals surface area contributed by atoms with E-state index in [-0.39, 0.29) is 43.9 Å². The van der Waals surface area contributed by atoms with Crippen LogP contribution in [0.2, 0.25) is 10.0 Å². The number of alkyl halides is 2. The van der Waals surface area contributed by atoms with Crippen LogP contribution in [0.3, 0.4) is 0 Å². The molecule has 0 atom stereocenters. The van der Waals surface area contributed by atoms with Crippen LogP contribution in [-0.4, -0.2) is 23.4 Å². The molecule has 0 saturated heterocycles. The van der Waals surface area contributed by atoms with E-state index in [9.17, 15) is 18.4 Å². The van der Waals surface area contributed by atoms with Crippen LogP contribution in [-0.2, 0) is 4.79 Å². The molecule has 2 aromatic heterocycles. The fourth-order valence-electron chi connectivity index (χ4n) is 3.23. The Labute approximate surface area is 189 Å². The van der Waals surface area contributed by atoms with Crippen molar-refractivity contribution in [2.75, 3.05) is 10.6 Å².